The highest BCUT2D eigenvalue weighted by atomic mass is 16.5. The summed E-state index contributed by atoms with van der Waals surface area (Å²) in [6.45, 7) is 2.69. The SMILES string of the molecule is C[C@H]1OCC[C@@H]1C=O. The number of hydrogen-bond donors (Lipinski definition) is 0. The van der Waals surface area contributed by atoms with E-state index in [4.69, 9.17) is 4.74 Å². The fourth-order valence-electron chi connectivity index (χ4n) is 0.927. The molecule has 8 heavy (non-hydrogen) atoms. The molecule has 0 spiro atoms. The van der Waals surface area contributed by atoms with Crippen molar-refractivity contribution in [1.29, 1.82) is 0 Å². The Bertz CT molecular complexity index is 90.5. The van der Waals surface area contributed by atoms with E-state index in [1.54, 1.807) is 0 Å². The second kappa shape index (κ2) is 2.27. The highest BCUT2D eigenvalue weighted by Crippen LogP contribution is 2.17. The van der Waals surface area contributed by atoms with E-state index in [9.17, 15) is 4.79 Å². The number of ether oxygens (including phenoxy) is 1. The van der Waals surface area contributed by atoms with Gasteiger partial charge in [-0.2, -0.15) is 0 Å². The van der Waals surface area contributed by atoms with E-state index in [2.05, 4.69) is 0 Å². The Kier molecular flexibility index (Phi) is 1.63. The molecule has 0 bridgehead atoms. The van der Waals surface area contributed by atoms with Crippen molar-refractivity contribution in [3.05, 3.63) is 0 Å². The molecule has 1 aliphatic rings. The van der Waals surface area contributed by atoms with Gasteiger partial charge < -0.3 is 9.53 Å². The quantitative estimate of drug-likeness (QED) is 0.467. The second-order valence-corrected chi connectivity index (χ2v) is 2.16. The predicted molar refractivity (Wildman–Crippen MR) is 29.6 cm³/mol. The van der Waals surface area contributed by atoms with Crippen LogP contribution in [0.3, 0.4) is 0 Å². The van der Waals surface area contributed by atoms with Gasteiger partial charge in [0.15, 0.2) is 0 Å². The van der Waals surface area contributed by atoms with Crippen LogP contribution < -0.4 is 0 Å². The Morgan fingerprint density at radius 1 is 1.75 bits per heavy atom. The number of rotatable bonds is 1. The first-order valence-electron chi connectivity index (χ1n) is 2.91. The van der Waals surface area contributed by atoms with Crippen molar-refractivity contribution in [2.24, 2.45) is 5.92 Å². The van der Waals surface area contributed by atoms with Gasteiger partial charge in [-0.25, -0.2) is 0 Å². The zero-order valence-corrected chi connectivity index (χ0v) is 4.96. The first-order chi connectivity index (χ1) is 3.84. The summed E-state index contributed by atoms with van der Waals surface area (Å²) >= 11 is 0. The van der Waals surface area contributed by atoms with Crippen molar-refractivity contribution in [3.8, 4) is 0 Å². The molecule has 0 amide bonds. The van der Waals surface area contributed by atoms with Crippen LogP contribution in [0.5, 0.6) is 0 Å². The zero-order chi connectivity index (χ0) is 5.98. The maximum absolute atomic E-state index is 10.1. The van der Waals surface area contributed by atoms with Gasteiger partial charge in [0.25, 0.3) is 0 Å². The van der Waals surface area contributed by atoms with Crippen LogP contribution in [0.2, 0.25) is 0 Å². The van der Waals surface area contributed by atoms with Crippen LogP contribution in [0.1, 0.15) is 13.3 Å². The lowest BCUT2D eigenvalue weighted by Gasteiger charge is -2.03. The fourth-order valence-corrected chi connectivity index (χ4v) is 0.927. The molecule has 2 heteroatoms. The van der Waals surface area contributed by atoms with E-state index < -0.39 is 0 Å². The molecular formula is C6H10O2. The highest BCUT2D eigenvalue weighted by Gasteiger charge is 2.22. The topological polar surface area (TPSA) is 26.3 Å². The fraction of sp³-hybridized carbons (Fsp3) is 0.833. The van der Waals surface area contributed by atoms with Crippen molar-refractivity contribution in [2.75, 3.05) is 6.61 Å². The van der Waals surface area contributed by atoms with Gasteiger partial charge in [-0.15, -0.1) is 0 Å². The third-order valence-corrected chi connectivity index (χ3v) is 1.61. The molecular weight excluding hydrogens is 104 g/mol. The summed E-state index contributed by atoms with van der Waals surface area (Å²) in [5, 5.41) is 0. The maximum Gasteiger partial charge on any atom is 0.125 e. The Balaban J connectivity index is 2.41. The van der Waals surface area contributed by atoms with E-state index in [0.29, 0.717) is 0 Å². The average molecular weight is 114 g/mol. The van der Waals surface area contributed by atoms with Crippen molar-refractivity contribution in [2.45, 2.75) is 19.4 Å². The minimum atomic E-state index is 0.160. The van der Waals surface area contributed by atoms with Gasteiger partial charge in [0.1, 0.15) is 6.29 Å². The molecule has 0 radical (unpaired) electrons. The van der Waals surface area contributed by atoms with Crippen LogP contribution in [-0.2, 0) is 9.53 Å². The molecule has 0 saturated carbocycles. The summed E-state index contributed by atoms with van der Waals surface area (Å²) in [4.78, 5) is 10.1. The van der Waals surface area contributed by atoms with Gasteiger partial charge in [0, 0.05) is 12.5 Å². The lowest BCUT2D eigenvalue weighted by Crippen LogP contribution is -2.11. The molecule has 1 rings (SSSR count). The van der Waals surface area contributed by atoms with Gasteiger partial charge >= 0.3 is 0 Å². The lowest BCUT2D eigenvalue weighted by molar-refractivity contribution is -0.112. The Labute approximate surface area is 48.8 Å². The lowest BCUT2D eigenvalue weighted by atomic mass is 10.1. The van der Waals surface area contributed by atoms with Crippen molar-refractivity contribution in [3.63, 3.8) is 0 Å². The van der Waals surface area contributed by atoms with Crippen LogP contribution >= 0.6 is 0 Å². The molecule has 0 aromatic heterocycles. The smallest absolute Gasteiger partial charge is 0.125 e. The largest absolute Gasteiger partial charge is 0.378 e. The third kappa shape index (κ3) is 0.892. The highest BCUT2D eigenvalue weighted by molar-refractivity contribution is 5.54. The monoisotopic (exact) mass is 114 g/mol. The zero-order valence-electron chi connectivity index (χ0n) is 4.96. The minimum absolute atomic E-state index is 0.160. The number of aldehydes is 1. The standard InChI is InChI=1S/C6H10O2/c1-5-6(4-7)2-3-8-5/h4-6H,2-3H2,1H3/t5-,6-/m1/s1. The number of carbonyl (C=O) groups is 1. The van der Waals surface area contributed by atoms with Crippen LogP contribution in [0.15, 0.2) is 0 Å². The van der Waals surface area contributed by atoms with Crippen molar-refractivity contribution < 1.29 is 9.53 Å². The molecule has 46 valence electrons. The molecule has 2 atom stereocenters. The molecule has 0 aliphatic carbocycles. The average Bonchev–Trinajstić information content (AvgIpc) is 2.14. The summed E-state index contributed by atoms with van der Waals surface area (Å²) in [5.41, 5.74) is 0. The van der Waals surface area contributed by atoms with Crippen LogP contribution in [-0.4, -0.2) is 19.0 Å². The Hall–Kier alpha value is -0.370. The van der Waals surface area contributed by atoms with E-state index in [1.807, 2.05) is 6.92 Å². The van der Waals surface area contributed by atoms with Gasteiger partial charge in [0.2, 0.25) is 0 Å². The predicted octanol–water partition coefficient (Wildman–Crippen LogP) is 0.610. The third-order valence-electron chi connectivity index (χ3n) is 1.61. The molecule has 0 N–H and O–H groups in total. The molecule has 0 unspecified atom stereocenters. The Morgan fingerprint density at radius 2 is 2.50 bits per heavy atom. The summed E-state index contributed by atoms with van der Waals surface area (Å²) in [7, 11) is 0. The number of hydrogen-bond acceptors (Lipinski definition) is 2. The minimum Gasteiger partial charge on any atom is -0.378 e. The molecule has 1 saturated heterocycles. The summed E-state index contributed by atoms with van der Waals surface area (Å²) in [6.07, 6.45) is 2.05. The number of carbonyl (C=O) groups excluding carboxylic acids is 1. The molecule has 0 aromatic rings. The molecule has 2 nitrogen and oxygen atoms in total. The van der Waals surface area contributed by atoms with Crippen LogP contribution in [0.4, 0.5) is 0 Å². The first kappa shape index (κ1) is 5.76. The van der Waals surface area contributed by atoms with Gasteiger partial charge in [-0.05, 0) is 13.3 Å². The van der Waals surface area contributed by atoms with Gasteiger partial charge in [-0.3, -0.25) is 0 Å². The maximum atomic E-state index is 10.1. The summed E-state index contributed by atoms with van der Waals surface area (Å²) in [6, 6.07) is 0. The van der Waals surface area contributed by atoms with E-state index >= 15 is 0 Å². The van der Waals surface area contributed by atoms with Crippen LogP contribution in [0, 0.1) is 5.92 Å². The second-order valence-electron chi connectivity index (χ2n) is 2.16. The summed E-state index contributed by atoms with van der Waals surface area (Å²) in [5.74, 6) is 0.162. The molecule has 1 aliphatic heterocycles. The molecule has 1 fully saturated rings. The molecule has 0 aromatic carbocycles. The Morgan fingerprint density at radius 3 is 2.75 bits per heavy atom. The summed E-state index contributed by atoms with van der Waals surface area (Å²) < 4.78 is 5.13. The molecule has 1 heterocycles. The van der Waals surface area contributed by atoms with Gasteiger partial charge in [0.05, 0.1) is 6.10 Å². The normalized spacial score (nSPS) is 37.6. The van der Waals surface area contributed by atoms with E-state index in [0.717, 1.165) is 19.3 Å². The van der Waals surface area contributed by atoms with Gasteiger partial charge in [-0.1, -0.05) is 0 Å². The van der Waals surface area contributed by atoms with Crippen molar-refractivity contribution >= 4 is 6.29 Å². The van der Waals surface area contributed by atoms with Crippen molar-refractivity contribution in [1.82, 2.24) is 0 Å². The van der Waals surface area contributed by atoms with Crippen LogP contribution in [0.25, 0.3) is 0 Å². The van der Waals surface area contributed by atoms with E-state index in [1.165, 1.54) is 0 Å². The van der Waals surface area contributed by atoms with E-state index in [-0.39, 0.29) is 12.0 Å². The first-order valence-corrected chi connectivity index (χ1v) is 2.91.